The summed E-state index contributed by atoms with van der Waals surface area (Å²) in [5.74, 6) is 0.860. The number of hydrogen-bond donors (Lipinski definition) is 1. The van der Waals surface area contributed by atoms with Gasteiger partial charge in [-0.15, -0.1) is 0 Å². The minimum atomic E-state index is -0.0955. The number of hydrogen-bond acceptors (Lipinski definition) is 2. The van der Waals surface area contributed by atoms with Crippen molar-refractivity contribution < 1.29 is 4.74 Å². The summed E-state index contributed by atoms with van der Waals surface area (Å²) in [6, 6.07) is 13.4. The largest absolute Gasteiger partial charge is 0.497 e. The van der Waals surface area contributed by atoms with Crippen LogP contribution in [0.1, 0.15) is 23.6 Å². The smallest absolute Gasteiger partial charge is 0.118 e. The summed E-state index contributed by atoms with van der Waals surface area (Å²) in [5, 5.41) is 1.25. The highest BCUT2D eigenvalue weighted by Crippen LogP contribution is 2.27. The van der Waals surface area contributed by atoms with E-state index in [0.717, 1.165) is 24.2 Å². The van der Waals surface area contributed by atoms with Crippen LogP contribution in [0.3, 0.4) is 0 Å². The van der Waals surface area contributed by atoms with Crippen molar-refractivity contribution in [3.8, 4) is 5.75 Å². The zero-order valence-corrected chi connectivity index (χ0v) is 12.8. The first kappa shape index (κ1) is 15.2. The molecule has 20 heavy (non-hydrogen) atoms. The molecule has 1 unspecified atom stereocenters. The van der Waals surface area contributed by atoms with Crippen molar-refractivity contribution in [1.29, 1.82) is 0 Å². The van der Waals surface area contributed by atoms with Gasteiger partial charge in [0.1, 0.15) is 5.75 Å². The molecule has 0 aliphatic rings. The van der Waals surface area contributed by atoms with Crippen LogP contribution >= 0.6 is 23.2 Å². The highest BCUT2D eigenvalue weighted by atomic mass is 35.5. The van der Waals surface area contributed by atoms with Crippen LogP contribution in [-0.4, -0.2) is 7.11 Å². The van der Waals surface area contributed by atoms with Gasteiger partial charge in [-0.25, -0.2) is 0 Å². The number of nitrogens with two attached hydrogens (primary N) is 1. The lowest BCUT2D eigenvalue weighted by Crippen LogP contribution is -2.11. The van der Waals surface area contributed by atoms with Crippen LogP contribution < -0.4 is 10.5 Å². The number of rotatable bonds is 5. The first-order valence-corrected chi connectivity index (χ1v) is 7.19. The van der Waals surface area contributed by atoms with E-state index in [1.807, 2.05) is 24.3 Å². The molecule has 0 aromatic heterocycles. The summed E-state index contributed by atoms with van der Waals surface area (Å²) in [5.41, 5.74) is 8.36. The maximum absolute atomic E-state index is 6.20. The molecule has 4 heteroatoms. The van der Waals surface area contributed by atoms with Crippen LogP contribution in [0.25, 0.3) is 0 Å². The van der Waals surface area contributed by atoms with Gasteiger partial charge in [0.15, 0.2) is 0 Å². The Balaban J connectivity index is 1.98. The second-order valence-corrected chi connectivity index (χ2v) is 5.50. The summed E-state index contributed by atoms with van der Waals surface area (Å²) < 4.78 is 5.14. The molecule has 0 amide bonds. The predicted octanol–water partition coefficient (Wildman–Crippen LogP) is 4.63. The molecule has 0 aliphatic heterocycles. The predicted molar refractivity (Wildman–Crippen MR) is 84.7 cm³/mol. The van der Waals surface area contributed by atoms with Gasteiger partial charge in [0.25, 0.3) is 0 Å². The molecule has 0 saturated heterocycles. The van der Waals surface area contributed by atoms with Crippen molar-refractivity contribution in [2.24, 2.45) is 5.73 Å². The molecule has 0 fully saturated rings. The average molecular weight is 310 g/mol. The van der Waals surface area contributed by atoms with Gasteiger partial charge in [-0.05, 0) is 48.2 Å². The third-order valence-corrected chi connectivity index (χ3v) is 3.83. The molecule has 106 valence electrons. The minimum absolute atomic E-state index is 0.0955. The molecule has 0 aliphatic carbocycles. The van der Waals surface area contributed by atoms with Gasteiger partial charge in [-0.3, -0.25) is 0 Å². The third-order valence-electron chi connectivity index (χ3n) is 3.27. The molecule has 2 aromatic carbocycles. The van der Waals surface area contributed by atoms with Crippen molar-refractivity contribution in [3.05, 3.63) is 63.6 Å². The fourth-order valence-corrected chi connectivity index (χ4v) is 2.62. The molecule has 0 spiro atoms. The lowest BCUT2D eigenvalue weighted by Gasteiger charge is -2.14. The average Bonchev–Trinajstić information content (AvgIpc) is 2.45. The zero-order chi connectivity index (χ0) is 14.5. The third kappa shape index (κ3) is 3.89. The van der Waals surface area contributed by atoms with Crippen LogP contribution in [-0.2, 0) is 6.42 Å². The fourth-order valence-electron chi connectivity index (χ4n) is 2.07. The molecular weight excluding hydrogens is 293 g/mol. The van der Waals surface area contributed by atoms with E-state index < -0.39 is 0 Å². The Morgan fingerprint density at radius 1 is 1.10 bits per heavy atom. The lowest BCUT2D eigenvalue weighted by atomic mass is 9.99. The minimum Gasteiger partial charge on any atom is -0.497 e. The topological polar surface area (TPSA) is 35.2 Å². The zero-order valence-electron chi connectivity index (χ0n) is 11.3. The number of aryl methyl sites for hydroxylation is 1. The first-order valence-electron chi connectivity index (χ1n) is 6.43. The number of ether oxygens (including phenoxy) is 1. The van der Waals surface area contributed by atoms with Crippen molar-refractivity contribution in [3.63, 3.8) is 0 Å². The van der Waals surface area contributed by atoms with Crippen molar-refractivity contribution in [2.45, 2.75) is 18.9 Å². The van der Waals surface area contributed by atoms with Gasteiger partial charge in [-0.2, -0.15) is 0 Å². The summed E-state index contributed by atoms with van der Waals surface area (Å²) >= 11 is 12.1. The quantitative estimate of drug-likeness (QED) is 0.873. The second-order valence-electron chi connectivity index (χ2n) is 4.66. The lowest BCUT2D eigenvalue weighted by molar-refractivity contribution is 0.414. The van der Waals surface area contributed by atoms with E-state index in [0.29, 0.717) is 10.0 Å². The molecule has 0 bridgehead atoms. The van der Waals surface area contributed by atoms with E-state index >= 15 is 0 Å². The number of halogens is 2. The normalized spacial score (nSPS) is 12.2. The molecule has 1 atom stereocenters. The van der Waals surface area contributed by atoms with Gasteiger partial charge < -0.3 is 10.5 Å². The summed E-state index contributed by atoms with van der Waals surface area (Å²) in [4.78, 5) is 0. The Kier molecular flexibility index (Phi) is 5.30. The van der Waals surface area contributed by atoms with E-state index in [1.165, 1.54) is 5.56 Å². The van der Waals surface area contributed by atoms with Gasteiger partial charge >= 0.3 is 0 Å². The van der Waals surface area contributed by atoms with Gasteiger partial charge in [0, 0.05) is 16.1 Å². The van der Waals surface area contributed by atoms with Crippen LogP contribution in [0.15, 0.2) is 42.5 Å². The highest BCUT2D eigenvalue weighted by Gasteiger charge is 2.10. The summed E-state index contributed by atoms with van der Waals surface area (Å²) in [6.45, 7) is 0. The van der Waals surface area contributed by atoms with Gasteiger partial charge in [0.05, 0.1) is 7.11 Å². The van der Waals surface area contributed by atoms with E-state index in [1.54, 1.807) is 13.2 Å². The maximum Gasteiger partial charge on any atom is 0.118 e. The van der Waals surface area contributed by atoms with E-state index in [-0.39, 0.29) is 6.04 Å². The fraction of sp³-hybridized carbons (Fsp3) is 0.250. The Hall–Kier alpha value is -1.22. The molecule has 0 radical (unpaired) electrons. The summed E-state index contributed by atoms with van der Waals surface area (Å²) in [6.07, 6.45) is 1.72. The van der Waals surface area contributed by atoms with Crippen molar-refractivity contribution in [1.82, 2.24) is 0 Å². The van der Waals surface area contributed by atoms with Gasteiger partial charge in [-0.1, -0.05) is 41.4 Å². The van der Waals surface area contributed by atoms with Crippen LogP contribution in [0, 0.1) is 0 Å². The molecule has 2 nitrogen and oxygen atoms in total. The van der Waals surface area contributed by atoms with Crippen molar-refractivity contribution in [2.75, 3.05) is 7.11 Å². The van der Waals surface area contributed by atoms with Crippen LogP contribution in [0.4, 0.5) is 0 Å². The SMILES string of the molecule is COc1ccc(CCC(N)c2ccc(Cl)cc2Cl)cc1. The van der Waals surface area contributed by atoms with Crippen LogP contribution in [0.5, 0.6) is 5.75 Å². The van der Waals surface area contributed by atoms with E-state index in [2.05, 4.69) is 12.1 Å². The van der Waals surface area contributed by atoms with E-state index in [9.17, 15) is 0 Å². The molecule has 2 rings (SSSR count). The van der Waals surface area contributed by atoms with Crippen molar-refractivity contribution >= 4 is 23.2 Å². The highest BCUT2D eigenvalue weighted by molar-refractivity contribution is 6.35. The van der Waals surface area contributed by atoms with Gasteiger partial charge in [0.2, 0.25) is 0 Å². The van der Waals surface area contributed by atoms with E-state index in [4.69, 9.17) is 33.7 Å². The standard InChI is InChI=1S/C16H17Cl2NO/c1-20-13-6-2-11(3-7-13)4-9-16(19)14-8-5-12(17)10-15(14)18/h2-3,5-8,10,16H,4,9,19H2,1H3. The molecule has 0 saturated carbocycles. The first-order chi connectivity index (χ1) is 9.60. The Morgan fingerprint density at radius 3 is 2.40 bits per heavy atom. The number of methoxy groups -OCH3 is 1. The monoisotopic (exact) mass is 309 g/mol. The second kappa shape index (κ2) is 6.98. The maximum atomic E-state index is 6.20. The molecular formula is C16H17Cl2NO. The molecule has 0 heterocycles. The Bertz CT molecular complexity index is 569. The Labute approximate surface area is 129 Å². The molecule has 2 N–H and O–H groups in total. The Morgan fingerprint density at radius 2 is 1.80 bits per heavy atom. The van der Waals surface area contributed by atoms with Crippen LogP contribution in [0.2, 0.25) is 10.0 Å². The molecule has 2 aromatic rings. The summed E-state index contributed by atoms with van der Waals surface area (Å²) in [7, 11) is 1.66. The number of benzene rings is 2.